The summed E-state index contributed by atoms with van der Waals surface area (Å²) in [7, 11) is -3.28. The molecule has 0 aromatic heterocycles. The Balaban J connectivity index is 2.81. The third kappa shape index (κ3) is 3.77. The third-order valence-corrected chi connectivity index (χ3v) is 4.22. The van der Waals surface area contributed by atoms with E-state index in [-0.39, 0.29) is 17.7 Å². The van der Waals surface area contributed by atoms with Crippen LogP contribution >= 0.6 is 11.6 Å². The molecule has 0 unspecified atom stereocenters. The van der Waals surface area contributed by atoms with Gasteiger partial charge in [-0.1, -0.05) is 24.3 Å². The van der Waals surface area contributed by atoms with Crippen LogP contribution in [0.4, 0.5) is 0 Å². The van der Waals surface area contributed by atoms with Crippen molar-refractivity contribution in [3.05, 3.63) is 35.4 Å². The number of halogens is 1. The number of nitrogens with one attached hydrogen (secondary N) is 1. The molecule has 90 valence electrons. The van der Waals surface area contributed by atoms with Gasteiger partial charge in [-0.15, -0.1) is 11.6 Å². The van der Waals surface area contributed by atoms with E-state index in [2.05, 4.69) is 4.72 Å². The first-order chi connectivity index (χ1) is 7.46. The molecule has 3 nitrogen and oxygen atoms in total. The fourth-order valence-corrected chi connectivity index (χ4v) is 3.16. The largest absolute Gasteiger partial charge is 0.213 e. The molecule has 1 N–H and O–H groups in total. The van der Waals surface area contributed by atoms with Crippen molar-refractivity contribution in [2.75, 3.05) is 11.6 Å². The van der Waals surface area contributed by atoms with Gasteiger partial charge in [0.15, 0.2) is 0 Å². The summed E-state index contributed by atoms with van der Waals surface area (Å²) >= 11 is 5.43. The van der Waals surface area contributed by atoms with E-state index in [1.54, 1.807) is 0 Å². The average Bonchev–Trinajstić information content (AvgIpc) is 2.17. The molecule has 1 atom stereocenters. The van der Waals surface area contributed by atoms with Gasteiger partial charge >= 0.3 is 0 Å². The zero-order chi connectivity index (χ0) is 12.2. The molecule has 0 amide bonds. The van der Waals surface area contributed by atoms with Crippen molar-refractivity contribution in [2.45, 2.75) is 19.9 Å². The van der Waals surface area contributed by atoms with Crippen LogP contribution in [0.2, 0.25) is 0 Å². The van der Waals surface area contributed by atoms with Crippen molar-refractivity contribution >= 4 is 21.6 Å². The SMILES string of the molecule is Cc1ccccc1[C@H](C)NS(=O)(=O)CCCl. The number of alkyl halides is 1. The maximum absolute atomic E-state index is 11.5. The Morgan fingerprint density at radius 2 is 2.00 bits per heavy atom. The molecule has 0 heterocycles. The molecule has 1 aromatic rings. The van der Waals surface area contributed by atoms with Crippen LogP contribution in [-0.4, -0.2) is 20.1 Å². The number of hydrogen-bond donors (Lipinski definition) is 1. The lowest BCUT2D eigenvalue weighted by Crippen LogP contribution is -2.30. The van der Waals surface area contributed by atoms with Crippen LogP contribution in [0.25, 0.3) is 0 Å². The van der Waals surface area contributed by atoms with Gasteiger partial charge in [-0.25, -0.2) is 13.1 Å². The molecule has 1 rings (SSSR count). The van der Waals surface area contributed by atoms with Crippen LogP contribution in [0, 0.1) is 6.92 Å². The third-order valence-electron chi connectivity index (χ3n) is 2.36. The highest BCUT2D eigenvalue weighted by Gasteiger charge is 2.15. The van der Waals surface area contributed by atoms with E-state index in [0.29, 0.717) is 0 Å². The fourth-order valence-electron chi connectivity index (χ4n) is 1.57. The summed E-state index contributed by atoms with van der Waals surface area (Å²) in [5.41, 5.74) is 2.06. The maximum atomic E-state index is 11.5. The van der Waals surface area contributed by atoms with E-state index in [0.717, 1.165) is 11.1 Å². The molecule has 0 aliphatic rings. The van der Waals surface area contributed by atoms with Crippen molar-refractivity contribution in [3.63, 3.8) is 0 Å². The lowest BCUT2D eigenvalue weighted by Gasteiger charge is -2.16. The Bertz CT molecular complexity index is 445. The Labute approximate surface area is 102 Å². The summed E-state index contributed by atoms with van der Waals surface area (Å²) in [6, 6.07) is 7.48. The minimum Gasteiger partial charge on any atom is -0.212 e. The minimum atomic E-state index is -3.28. The van der Waals surface area contributed by atoms with Crippen LogP contribution in [0.15, 0.2) is 24.3 Å². The smallest absolute Gasteiger partial charge is 0.212 e. The second-order valence-electron chi connectivity index (χ2n) is 3.70. The zero-order valence-corrected chi connectivity index (χ0v) is 11.0. The highest BCUT2D eigenvalue weighted by atomic mass is 35.5. The van der Waals surface area contributed by atoms with Gasteiger partial charge in [-0.05, 0) is 25.0 Å². The van der Waals surface area contributed by atoms with Gasteiger partial charge in [0.2, 0.25) is 10.0 Å². The normalized spacial score (nSPS) is 13.7. The highest BCUT2D eigenvalue weighted by molar-refractivity contribution is 7.89. The van der Waals surface area contributed by atoms with Crippen molar-refractivity contribution < 1.29 is 8.42 Å². The second-order valence-corrected chi connectivity index (χ2v) is 5.96. The first-order valence-electron chi connectivity index (χ1n) is 5.08. The number of sulfonamides is 1. The molecule has 5 heteroatoms. The number of aryl methyl sites for hydroxylation is 1. The van der Waals surface area contributed by atoms with E-state index in [1.165, 1.54) is 0 Å². The molecule has 0 aliphatic heterocycles. The van der Waals surface area contributed by atoms with Crippen molar-refractivity contribution in [2.24, 2.45) is 0 Å². The standard InChI is InChI=1S/C11H16ClNO2S/c1-9-5-3-4-6-11(9)10(2)13-16(14,15)8-7-12/h3-6,10,13H,7-8H2,1-2H3/t10-/m0/s1. The van der Waals surface area contributed by atoms with E-state index in [1.807, 2.05) is 38.1 Å². The molecule has 0 radical (unpaired) electrons. The summed E-state index contributed by atoms with van der Waals surface area (Å²) in [6.07, 6.45) is 0. The Kier molecular flexibility index (Phi) is 4.77. The second kappa shape index (κ2) is 5.66. The number of hydrogen-bond acceptors (Lipinski definition) is 2. The van der Waals surface area contributed by atoms with Crippen molar-refractivity contribution in [1.82, 2.24) is 4.72 Å². The monoisotopic (exact) mass is 261 g/mol. The topological polar surface area (TPSA) is 46.2 Å². The van der Waals surface area contributed by atoms with Crippen molar-refractivity contribution in [1.29, 1.82) is 0 Å². The molecular weight excluding hydrogens is 246 g/mol. The van der Waals surface area contributed by atoms with E-state index in [4.69, 9.17) is 11.6 Å². The zero-order valence-electron chi connectivity index (χ0n) is 9.40. The molecular formula is C11H16ClNO2S. The van der Waals surface area contributed by atoms with Gasteiger partial charge in [0, 0.05) is 11.9 Å². The predicted octanol–water partition coefficient (Wildman–Crippen LogP) is 2.21. The van der Waals surface area contributed by atoms with E-state index >= 15 is 0 Å². The lowest BCUT2D eigenvalue weighted by atomic mass is 10.0. The molecule has 0 saturated heterocycles. The number of rotatable bonds is 5. The summed E-state index contributed by atoms with van der Waals surface area (Å²) in [5.74, 6) is 0.0562. The summed E-state index contributed by atoms with van der Waals surface area (Å²) in [6.45, 7) is 3.79. The van der Waals surface area contributed by atoms with Crippen LogP contribution in [0.1, 0.15) is 24.1 Å². The molecule has 0 fully saturated rings. The van der Waals surface area contributed by atoms with Crippen LogP contribution in [-0.2, 0) is 10.0 Å². The number of benzene rings is 1. The van der Waals surface area contributed by atoms with Gasteiger partial charge in [0.1, 0.15) is 0 Å². The Morgan fingerprint density at radius 1 is 1.38 bits per heavy atom. The average molecular weight is 262 g/mol. The van der Waals surface area contributed by atoms with Gasteiger partial charge < -0.3 is 0 Å². The lowest BCUT2D eigenvalue weighted by molar-refractivity contribution is 0.568. The molecule has 16 heavy (non-hydrogen) atoms. The predicted molar refractivity (Wildman–Crippen MR) is 67.2 cm³/mol. The Morgan fingerprint density at radius 3 is 2.56 bits per heavy atom. The molecule has 0 aliphatic carbocycles. The molecule has 0 bridgehead atoms. The van der Waals surface area contributed by atoms with Gasteiger partial charge in [0.05, 0.1) is 5.75 Å². The van der Waals surface area contributed by atoms with Crippen LogP contribution < -0.4 is 4.72 Å². The van der Waals surface area contributed by atoms with Gasteiger partial charge in [-0.3, -0.25) is 0 Å². The van der Waals surface area contributed by atoms with Crippen LogP contribution in [0.5, 0.6) is 0 Å². The first-order valence-corrected chi connectivity index (χ1v) is 7.26. The van der Waals surface area contributed by atoms with Gasteiger partial charge in [-0.2, -0.15) is 0 Å². The summed E-state index contributed by atoms with van der Waals surface area (Å²) in [5, 5.41) is 0. The highest BCUT2D eigenvalue weighted by Crippen LogP contribution is 2.17. The Hall–Kier alpha value is -0.580. The molecule has 1 aromatic carbocycles. The fraction of sp³-hybridized carbons (Fsp3) is 0.455. The first kappa shape index (κ1) is 13.5. The van der Waals surface area contributed by atoms with Gasteiger partial charge in [0.25, 0.3) is 0 Å². The van der Waals surface area contributed by atoms with Crippen LogP contribution in [0.3, 0.4) is 0 Å². The molecule has 0 saturated carbocycles. The summed E-state index contributed by atoms with van der Waals surface area (Å²) < 4.78 is 25.7. The van der Waals surface area contributed by atoms with E-state index in [9.17, 15) is 8.42 Å². The quantitative estimate of drug-likeness (QED) is 0.826. The van der Waals surface area contributed by atoms with E-state index < -0.39 is 10.0 Å². The maximum Gasteiger partial charge on any atom is 0.213 e. The van der Waals surface area contributed by atoms with Crippen molar-refractivity contribution in [3.8, 4) is 0 Å². The molecule has 0 spiro atoms. The minimum absolute atomic E-state index is 0.0508. The summed E-state index contributed by atoms with van der Waals surface area (Å²) in [4.78, 5) is 0.